The van der Waals surface area contributed by atoms with Crippen LogP contribution in [0.2, 0.25) is 0 Å². The van der Waals surface area contributed by atoms with E-state index >= 15 is 0 Å². The second-order valence-electron chi connectivity index (χ2n) is 10.2. The van der Waals surface area contributed by atoms with E-state index in [1.807, 2.05) is 48.7 Å². The minimum atomic E-state index is 0.152. The number of rotatable bonds is 4. The van der Waals surface area contributed by atoms with Crippen molar-refractivity contribution in [3.05, 3.63) is 66.6 Å². The molecule has 5 nitrogen and oxygen atoms in total. The van der Waals surface area contributed by atoms with E-state index in [-0.39, 0.29) is 5.41 Å². The monoisotopic (exact) mass is 422 g/mol. The highest BCUT2D eigenvalue weighted by molar-refractivity contribution is 5.90. The highest BCUT2D eigenvalue weighted by atomic mass is 16.5. The Morgan fingerprint density at radius 3 is 2.12 bits per heavy atom. The molecule has 4 fully saturated rings. The van der Waals surface area contributed by atoms with Crippen molar-refractivity contribution in [3.63, 3.8) is 0 Å². The molecule has 0 aliphatic heterocycles. The Morgan fingerprint density at radius 1 is 0.781 bits per heavy atom. The van der Waals surface area contributed by atoms with E-state index in [1.54, 1.807) is 0 Å². The van der Waals surface area contributed by atoms with Gasteiger partial charge in [-0.25, -0.2) is 9.97 Å². The number of ether oxygens (including phenoxy) is 1. The molecule has 4 bridgehead atoms. The van der Waals surface area contributed by atoms with Gasteiger partial charge in [0.05, 0.1) is 17.3 Å². The summed E-state index contributed by atoms with van der Waals surface area (Å²) in [6.45, 7) is 0. The average Bonchev–Trinajstić information content (AvgIpc) is 3.28. The van der Waals surface area contributed by atoms with E-state index in [0.29, 0.717) is 0 Å². The van der Waals surface area contributed by atoms with Crippen molar-refractivity contribution in [1.82, 2.24) is 20.2 Å². The first-order valence-electron chi connectivity index (χ1n) is 11.8. The van der Waals surface area contributed by atoms with Crippen LogP contribution in [0, 0.1) is 17.8 Å². The normalized spacial score (nSPS) is 28.3. The number of hydrogen-bond acceptors (Lipinski definition) is 4. The van der Waals surface area contributed by atoms with Gasteiger partial charge in [-0.3, -0.25) is 5.10 Å². The molecule has 2 aromatic heterocycles. The molecule has 160 valence electrons. The Labute approximate surface area is 187 Å². The van der Waals surface area contributed by atoms with Crippen molar-refractivity contribution in [1.29, 1.82) is 0 Å². The minimum absolute atomic E-state index is 0.152. The van der Waals surface area contributed by atoms with Gasteiger partial charge in [-0.05, 0) is 92.7 Å². The predicted molar refractivity (Wildman–Crippen MR) is 123 cm³/mol. The van der Waals surface area contributed by atoms with Gasteiger partial charge in [0.15, 0.2) is 5.65 Å². The van der Waals surface area contributed by atoms with Crippen LogP contribution in [0.1, 0.15) is 44.3 Å². The SMILES string of the molecule is c1ccc(Oc2ccc(-c3nc(C45CC6CC(CC(C6)C4)C5)nc4[nH]ncc34)cc2)cc1. The molecule has 4 aliphatic carbocycles. The Hall–Kier alpha value is -3.21. The van der Waals surface area contributed by atoms with Crippen LogP contribution in [0.15, 0.2) is 60.8 Å². The maximum absolute atomic E-state index is 5.98. The van der Waals surface area contributed by atoms with E-state index in [1.165, 1.54) is 38.5 Å². The van der Waals surface area contributed by atoms with Crippen LogP contribution in [-0.4, -0.2) is 20.2 Å². The molecule has 32 heavy (non-hydrogen) atoms. The summed E-state index contributed by atoms with van der Waals surface area (Å²) in [4.78, 5) is 10.3. The van der Waals surface area contributed by atoms with Crippen molar-refractivity contribution >= 4 is 11.0 Å². The van der Waals surface area contributed by atoms with Crippen molar-refractivity contribution < 1.29 is 4.74 Å². The van der Waals surface area contributed by atoms with Gasteiger partial charge in [-0.1, -0.05) is 18.2 Å². The molecule has 4 aromatic rings. The molecular weight excluding hydrogens is 396 g/mol. The third-order valence-corrected chi connectivity index (χ3v) is 7.93. The van der Waals surface area contributed by atoms with E-state index in [2.05, 4.69) is 22.3 Å². The second kappa shape index (κ2) is 6.89. The van der Waals surface area contributed by atoms with Crippen LogP contribution < -0.4 is 4.74 Å². The van der Waals surface area contributed by atoms with E-state index in [4.69, 9.17) is 14.7 Å². The lowest BCUT2D eigenvalue weighted by molar-refractivity contribution is -0.00919. The highest BCUT2D eigenvalue weighted by Gasteiger charge is 2.53. The number of nitrogens with zero attached hydrogens (tertiary/aromatic N) is 3. The number of aromatic nitrogens is 4. The molecule has 0 spiro atoms. The molecule has 0 radical (unpaired) electrons. The van der Waals surface area contributed by atoms with Crippen LogP contribution >= 0.6 is 0 Å². The maximum Gasteiger partial charge on any atom is 0.159 e. The van der Waals surface area contributed by atoms with Crippen LogP contribution in [-0.2, 0) is 5.41 Å². The van der Waals surface area contributed by atoms with Gasteiger partial charge in [-0.2, -0.15) is 5.10 Å². The van der Waals surface area contributed by atoms with Crippen LogP contribution in [0.25, 0.3) is 22.3 Å². The summed E-state index contributed by atoms with van der Waals surface area (Å²) in [6, 6.07) is 18.1. The molecule has 5 heteroatoms. The summed E-state index contributed by atoms with van der Waals surface area (Å²) in [5.74, 6) is 5.27. The van der Waals surface area contributed by atoms with Gasteiger partial charge in [0.25, 0.3) is 0 Å². The molecule has 0 unspecified atom stereocenters. The number of hydrogen-bond donors (Lipinski definition) is 1. The Kier molecular flexibility index (Phi) is 3.96. The molecule has 4 aliphatic rings. The number of aromatic amines is 1. The summed E-state index contributed by atoms with van der Waals surface area (Å²) in [7, 11) is 0. The summed E-state index contributed by atoms with van der Waals surface area (Å²) >= 11 is 0. The summed E-state index contributed by atoms with van der Waals surface area (Å²) in [5.41, 5.74) is 3.05. The number of H-pyrrole nitrogens is 1. The smallest absolute Gasteiger partial charge is 0.159 e. The molecule has 8 rings (SSSR count). The number of benzene rings is 2. The molecule has 2 heterocycles. The lowest BCUT2D eigenvalue weighted by Gasteiger charge is -2.56. The average molecular weight is 423 g/mol. The van der Waals surface area contributed by atoms with Crippen LogP contribution in [0.5, 0.6) is 11.5 Å². The molecule has 4 saturated carbocycles. The summed E-state index contributed by atoms with van der Waals surface area (Å²) in [5, 5.41) is 8.40. The Morgan fingerprint density at radius 2 is 1.44 bits per heavy atom. The number of para-hydroxylation sites is 1. The van der Waals surface area contributed by atoms with Gasteiger partial charge >= 0.3 is 0 Å². The molecule has 1 N–H and O–H groups in total. The van der Waals surface area contributed by atoms with Crippen LogP contribution in [0.4, 0.5) is 0 Å². The van der Waals surface area contributed by atoms with E-state index in [0.717, 1.165) is 57.4 Å². The quantitative estimate of drug-likeness (QED) is 0.420. The summed E-state index contributed by atoms with van der Waals surface area (Å²) in [6.07, 6.45) is 9.86. The largest absolute Gasteiger partial charge is 0.457 e. The first kappa shape index (κ1) is 18.4. The fraction of sp³-hybridized carbons (Fsp3) is 0.370. The Balaban J connectivity index is 1.27. The Bertz CT molecular complexity index is 1240. The first-order chi connectivity index (χ1) is 15.7. The topological polar surface area (TPSA) is 63.7 Å². The zero-order chi connectivity index (χ0) is 21.1. The fourth-order valence-corrected chi connectivity index (χ4v) is 6.98. The zero-order valence-corrected chi connectivity index (χ0v) is 18.0. The van der Waals surface area contributed by atoms with Crippen molar-refractivity contribution in [3.8, 4) is 22.8 Å². The number of fused-ring (bicyclic) bond motifs is 1. The number of nitrogens with one attached hydrogen (secondary N) is 1. The molecule has 0 saturated heterocycles. The van der Waals surface area contributed by atoms with Crippen molar-refractivity contribution in [2.75, 3.05) is 0 Å². The van der Waals surface area contributed by atoms with Gasteiger partial charge < -0.3 is 4.74 Å². The summed E-state index contributed by atoms with van der Waals surface area (Å²) < 4.78 is 5.98. The second-order valence-corrected chi connectivity index (χ2v) is 10.2. The standard InChI is InChI=1S/C27H26N4O/c1-2-4-21(5-3-1)32-22-8-6-20(7-9-22)24-23-16-28-31-25(23)30-26(29-24)27-13-17-10-18(14-27)12-19(11-17)15-27/h1-9,16-19H,10-15H2,(H,28,29,30,31). The van der Waals surface area contributed by atoms with Gasteiger partial charge in [0.2, 0.25) is 0 Å². The van der Waals surface area contributed by atoms with Crippen molar-refractivity contribution in [2.45, 2.75) is 43.9 Å². The van der Waals surface area contributed by atoms with E-state index in [9.17, 15) is 0 Å². The van der Waals surface area contributed by atoms with Gasteiger partial charge in [0.1, 0.15) is 17.3 Å². The van der Waals surface area contributed by atoms with Crippen LogP contribution in [0.3, 0.4) is 0 Å². The van der Waals surface area contributed by atoms with Gasteiger partial charge in [-0.15, -0.1) is 0 Å². The lowest BCUT2D eigenvalue weighted by Crippen LogP contribution is -2.49. The lowest BCUT2D eigenvalue weighted by atomic mass is 9.49. The van der Waals surface area contributed by atoms with Crippen molar-refractivity contribution in [2.24, 2.45) is 17.8 Å². The van der Waals surface area contributed by atoms with Gasteiger partial charge in [0, 0.05) is 11.0 Å². The zero-order valence-electron chi connectivity index (χ0n) is 18.0. The molecule has 0 amide bonds. The molecular formula is C27H26N4O. The molecule has 2 aromatic carbocycles. The third kappa shape index (κ3) is 2.94. The minimum Gasteiger partial charge on any atom is -0.457 e. The highest BCUT2D eigenvalue weighted by Crippen LogP contribution is 2.60. The first-order valence-corrected chi connectivity index (χ1v) is 11.8. The molecule has 0 atom stereocenters. The fourth-order valence-electron chi connectivity index (χ4n) is 6.98. The predicted octanol–water partition coefficient (Wildman–Crippen LogP) is 6.28. The maximum atomic E-state index is 5.98. The van der Waals surface area contributed by atoms with E-state index < -0.39 is 0 Å². The third-order valence-electron chi connectivity index (χ3n) is 7.93.